The number of likely N-dealkylation sites (N-methyl/N-ethyl adjacent to an activating group) is 1. The minimum absolute atomic E-state index is 0.0284. The lowest BCUT2D eigenvalue weighted by molar-refractivity contribution is -0.870. The first-order valence-corrected chi connectivity index (χ1v) is 10.8. The van der Waals surface area contributed by atoms with Crippen LogP contribution in [0.2, 0.25) is 0 Å². The zero-order chi connectivity index (χ0) is 24.8. The van der Waals surface area contributed by atoms with Gasteiger partial charge in [-0.05, 0) is 24.3 Å². The first-order valence-electron chi connectivity index (χ1n) is 10.8. The van der Waals surface area contributed by atoms with Crippen LogP contribution >= 0.6 is 0 Å². The average Bonchev–Trinajstić information content (AvgIpc) is 2.85. The van der Waals surface area contributed by atoms with Crippen LogP contribution in [0.5, 0.6) is 34.5 Å². The van der Waals surface area contributed by atoms with E-state index in [-0.39, 0.29) is 5.78 Å². The van der Waals surface area contributed by atoms with E-state index >= 15 is 0 Å². The molecule has 0 aromatic heterocycles. The predicted octanol–water partition coefficient (Wildman–Crippen LogP) is 2.30. The number of ether oxygens (including phenoxy) is 6. The smallest absolute Gasteiger partial charge is 0.196 e. The lowest BCUT2D eigenvalue weighted by atomic mass is 9.94. The number of quaternary nitrogens is 1. The van der Waals surface area contributed by atoms with Crippen LogP contribution in [0, 0.1) is 0 Å². The van der Waals surface area contributed by atoms with Crippen molar-refractivity contribution in [3.63, 3.8) is 0 Å². The minimum atomic E-state index is -0.0284. The molecule has 8 nitrogen and oxygen atoms in total. The molecule has 0 saturated carbocycles. The lowest BCUT2D eigenvalue weighted by Crippen LogP contribution is -3.10. The molecular weight excluding hydrogens is 438 g/mol. The van der Waals surface area contributed by atoms with Crippen molar-refractivity contribution in [3.8, 4) is 34.5 Å². The Balaban J connectivity index is 2.07. The summed E-state index contributed by atoms with van der Waals surface area (Å²) in [6.07, 6.45) is 3.71. The SMILES string of the molecule is COc1cc(OC)c(OC)cc1/C=C1\C[NH+](C)C/C(=C\c2cc(OC)c(OC)cc2OC)C1=O. The van der Waals surface area contributed by atoms with Gasteiger partial charge in [0.2, 0.25) is 0 Å². The van der Waals surface area contributed by atoms with Gasteiger partial charge in [0.05, 0.1) is 60.9 Å². The van der Waals surface area contributed by atoms with Gasteiger partial charge in [-0.25, -0.2) is 0 Å². The minimum Gasteiger partial charge on any atom is -0.496 e. The number of hydrogen-bond acceptors (Lipinski definition) is 7. The van der Waals surface area contributed by atoms with E-state index in [0.29, 0.717) is 58.7 Å². The molecule has 1 fully saturated rings. The maximum absolute atomic E-state index is 13.5. The first-order chi connectivity index (χ1) is 16.4. The number of Topliss-reactive ketones (excluding diaryl/α,β-unsaturated/α-hetero) is 1. The fourth-order valence-corrected chi connectivity index (χ4v) is 4.02. The van der Waals surface area contributed by atoms with E-state index in [9.17, 15) is 4.79 Å². The largest absolute Gasteiger partial charge is 0.496 e. The average molecular weight is 471 g/mol. The maximum Gasteiger partial charge on any atom is 0.196 e. The summed E-state index contributed by atoms with van der Waals surface area (Å²) < 4.78 is 32.7. The van der Waals surface area contributed by atoms with E-state index in [1.807, 2.05) is 31.3 Å². The van der Waals surface area contributed by atoms with Crippen LogP contribution in [0.3, 0.4) is 0 Å². The number of nitrogens with one attached hydrogen (secondary N) is 1. The molecule has 3 rings (SSSR count). The molecule has 1 saturated heterocycles. The predicted molar refractivity (Wildman–Crippen MR) is 130 cm³/mol. The van der Waals surface area contributed by atoms with Crippen molar-refractivity contribution < 1.29 is 38.1 Å². The molecule has 182 valence electrons. The third kappa shape index (κ3) is 5.12. The summed E-state index contributed by atoms with van der Waals surface area (Å²) in [7, 11) is 11.5. The van der Waals surface area contributed by atoms with E-state index in [2.05, 4.69) is 0 Å². The number of hydrogen-bond donors (Lipinski definition) is 1. The molecule has 0 unspecified atom stereocenters. The van der Waals surface area contributed by atoms with E-state index in [0.717, 1.165) is 11.1 Å². The standard InChI is InChI=1S/C26H31NO7/c1-27-14-18(8-16-10-22(31-4)24(33-6)12-20(16)29-2)26(28)19(15-27)9-17-11-23(32-5)25(34-7)13-21(17)30-3/h8-13H,14-15H2,1-7H3/p+1/b18-8+,19-9+. The molecule has 1 aliphatic rings. The summed E-state index contributed by atoms with van der Waals surface area (Å²) in [4.78, 5) is 14.7. The van der Waals surface area contributed by atoms with Gasteiger partial charge < -0.3 is 33.3 Å². The van der Waals surface area contributed by atoms with Gasteiger partial charge in [0, 0.05) is 23.3 Å². The Hall–Kier alpha value is -3.65. The molecule has 0 amide bonds. The Morgan fingerprint density at radius 1 is 0.588 bits per heavy atom. The number of ketones is 1. The van der Waals surface area contributed by atoms with Crippen LogP contribution in [0.4, 0.5) is 0 Å². The Labute approximate surface area is 200 Å². The van der Waals surface area contributed by atoms with Gasteiger partial charge in [-0.1, -0.05) is 0 Å². The van der Waals surface area contributed by atoms with E-state index in [1.165, 1.54) is 4.90 Å². The van der Waals surface area contributed by atoms with Crippen molar-refractivity contribution in [2.45, 2.75) is 0 Å². The van der Waals surface area contributed by atoms with Gasteiger partial charge in [0.25, 0.3) is 0 Å². The molecule has 8 heteroatoms. The highest BCUT2D eigenvalue weighted by atomic mass is 16.5. The number of piperidine rings is 1. The molecule has 0 spiro atoms. The molecule has 0 atom stereocenters. The molecule has 2 aromatic carbocycles. The van der Waals surface area contributed by atoms with Crippen molar-refractivity contribution in [3.05, 3.63) is 46.5 Å². The number of rotatable bonds is 8. The van der Waals surface area contributed by atoms with Crippen molar-refractivity contribution in [1.29, 1.82) is 0 Å². The fourth-order valence-electron chi connectivity index (χ4n) is 4.02. The summed E-state index contributed by atoms with van der Waals surface area (Å²) >= 11 is 0. The second-order valence-electron chi connectivity index (χ2n) is 7.88. The second-order valence-corrected chi connectivity index (χ2v) is 7.88. The lowest BCUT2D eigenvalue weighted by Gasteiger charge is -2.24. The molecule has 0 aliphatic carbocycles. The van der Waals surface area contributed by atoms with Crippen molar-refractivity contribution in [1.82, 2.24) is 0 Å². The summed E-state index contributed by atoms with van der Waals surface area (Å²) in [6, 6.07) is 7.12. The van der Waals surface area contributed by atoms with Gasteiger partial charge in [0.1, 0.15) is 24.6 Å². The number of methoxy groups -OCH3 is 6. The monoisotopic (exact) mass is 470 g/mol. The molecule has 1 heterocycles. The van der Waals surface area contributed by atoms with Crippen LogP contribution < -0.4 is 33.3 Å². The van der Waals surface area contributed by atoms with E-state index in [1.54, 1.807) is 54.8 Å². The highest BCUT2D eigenvalue weighted by molar-refractivity contribution is 6.14. The molecule has 1 N–H and O–H groups in total. The molecule has 0 bridgehead atoms. The van der Waals surface area contributed by atoms with Crippen molar-refractivity contribution in [2.75, 3.05) is 62.8 Å². The number of carbonyl (C=O) groups is 1. The molecule has 0 radical (unpaired) electrons. The molecule has 1 aliphatic heterocycles. The summed E-state index contributed by atoms with van der Waals surface area (Å²) in [6.45, 7) is 1.16. The normalized spacial score (nSPS) is 18.1. The van der Waals surface area contributed by atoms with Gasteiger partial charge in [-0.15, -0.1) is 0 Å². The molecule has 34 heavy (non-hydrogen) atoms. The van der Waals surface area contributed by atoms with Crippen LogP contribution in [0.15, 0.2) is 35.4 Å². The molecule has 2 aromatic rings. The Kier molecular flexibility index (Phi) is 8.07. The van der Waals surface area contributed by atoms with Crippen LogP contribution in [0.1, 0.15) is 11.1 Å². The van der Waals surface area contributed by atoms with Crippen LogP contribution in [-0.2, 0) is 4.79 Å². The second kappa shape index (κ2) is 11.0. The maximum atomic E-state index is 13.5. The fraction of sp³-hybridized carbons (Fsp3) is 0.346. The van der Waals surface area contributed by atoms with Gasteiger partial charge >= 0.3 is 0 Å². The van der Waals surface area contributed by atoms with Crippen molar-refractivity contribution >= 4 is 17.9 Å². The summed E-state index contributed by atoms with van der Waals surface area (Å²) in [5, 5.41) is 0. The Morgan fingerprint density at radius 3 is 1.24 bits per heavy atom. The van der Waals surface area contributed by atoms with Gasteiger partial charge in [0.15, 0.2) is 28.8 Å². The third-order valence-corrected chi connectivity index (χ3v) is 5.70. The van der Waals surface area contributed by atoms with E-state index < -0.39 is 0 Å². The van der Waals surface area contributed by atoms with Crippen LogP contribution in [0.25, 0.3) is 12.2 Å². The zero-order valence-corrected chi connectivity index (χ0v) is 20.7. The quantitative estimate of drug-likeness (QED) is 0.594. The van der Waals surface area contributed by atoms with Gasteiger partial charge in [-0.2, -0.15) is 0 Å². The first kappa shape index (κ1) is 25.0. The summed E-state index contributed by atoms with van der Waals surface area (Å²) in [5.41, 5.74) is 2.81. The highest BCUT2D eigenvalue weighted by Crippen LogP contribution is 2.37. The van der Waals surface area contributed by atoms with Gasteiger partial charge in [-0.3, -0.25) is 4.79 Å². The Bertz CT molecular complexity index is 1040. The zero-order valence-electron chi connectivity index (χ0n) is 20.7. The highest BCUT2D eigenvalue weighted by Gasteiger charge is 2.28. The number of carbonyl (C=O) groups excluding carboxylic acids is 1. The number of likely N-dealkylation sites (tertiary alicyclic amines) is 1. The number of benzene rings is 2. The third-order valence-electron chi connectivity index (χ3n) is 5.70. The van der Waals surface area contributed by atoms with Crippen LogP contribution in [-0.4, -0.2) is 68.6 Å². The molecular formula is C26H32NO7+. The Morgan fingerprint density at radius 2 is 0.912 bits per heavy atom. The topological polar surface area (TPSA) is 76.9 Å². The summed E-state index contributed by atoms with van der Waals surface area (Å²) in [5.74, 6) is 3.39. The van der Waals surface area contributed by atoms with E-state index in [4.69, 9.17) is 28.4 Å². The van der Waals surface area contributed by atoms with Crippen molar-refractivity contribution in [2.24, 2.45) is 0 Å².